The molecule has 0 spiro atoms. The van der Waals surface area contributed by atoms with Crippen LogP contribution in [0.1, 0.15) is 69.2 Å². The van der Waals surface area contributed by atoms with Gasteiger partial charge in [-0.3, -0.25) is 9.59 Å². The summed E-state index contributed by atoms with van der Waals surface area (Å²) in [5.74, 6) is -0.0758. The number of likely N-dealkylation sites (N-methyl/N-ethyl adjacent to an activating group) is 1. The summed E-state index contributed by atoms with van der Waals surface area (Å²) in [5.41, 5.74) is 0.846. The van der Waals surface area contributed by atoms with E-state index in [1.165, 1.54) is 6.42 Å². The summed E-state index contributed by atoms with van der Waals surface area (Å²) in [6.45, 7) is 5.15. The van der Waals surface area contributed by atoms with Gasteiger partial charge in [-0.2, -0.15) is 0 Å². The van der Waals surface area contributed by atoms with Gasteiger partial charge in [0.25, 0.3) is 5.91 Å². The first-order valence-electron chi connectivity index (χ1n) is 14.3. The van der Waals surface area contributed by atoms with Gasteiger partial charge in [0, 0.05) is 37.7 Å². The number of amides is 4. The maximum Gasteiger partial charge on any atom is 0.317 e. The van der Waals surface area contributed by atoms with Crippen molar-refractivity contribution in [1.29, 1.82) is 0 Å². The quantitative estimate of drug-likeness (QED) is 0.416. The molecule has 10 heteroatoms. The Kier molecular flexibility index (Phi) is 11.4. The Hall–Kier alpha value is -2.85. The van der Waals surface area contributed by atoms with E-state index in [1.807, 2.05) is 32.8 Å². The van der Waals surface area contributed by atoms with Crippen molar-refractivity contribution in [2.24, 2.45) is 5.92 Å². The summed E-state index contributed by atoms with van der Waals surface area (Å²) in [6, 6.07) is 4.77. The lowest BCUT2D eigenvalue weighted by atomic mass is 9.96. The Morgan fingerprint density at radius 1 is 1.18 bits per heavy atom. The molecule has 1 heterocycles. The summed E-state index contributed by atoms with van der Waals surface area (Å²) in [5, 5.41) is 15.9. The van der Waals surface area contributed by atoms with Crippen molar-refractivity contribution < 1.29 is 24.2 Å². The summed E-state index contributed by atoms with van der Waals surface area (Å²) in [6.07, 6.45) is 6.25. The minimum absolute atomic E-state index is 0.0999. The van der Waals surface area contributed by atoms with Crippen LogP contribution in [0.4, 0.5) is 10.5 Å². The second-order valence-corrected chi connectivity index (χ2v) is 11.5. The molecule has 39 heavy (non-hydrogen) atoms. The molecule has 1 aromatic rings. The number of nitrogens with zero attached hydrogens (tertiary/aromatic N) is 3. The third kappa shape index (κ3) is 8.83. The van der Waals surface area contributed by atoms with Gasteiger partial charge in [-0.15, -0.1) is 0 Å². The molecule has 0 bridgehead atoms. The van der Waals surface area contributed by atoms with Crippen LogP contribution in [0.5, 0.6) is 5.75 Å². The number of fused-ring (bicyclic) bond motifs is 1. The van der Waals surface area contributed by atoms with Gasteiger partial charge in [-0.25, -0.2) is 4.79 Å². The number of urea groups is 1. The van der Waals surface area contributed by atoms with E-state index in [4.69, 9.17) is 4.74 Å². The first kappa shape index (κ1) is 30.7. The number of hydrogen-bond donors (Lipinski definition) is 3. The lowest BCUT2D eigenvalue weighted by Gasteiger charge is -2.38. The van der Waals surface area contributed by atoms with Crippen LogP contribution in [0, 0.1) is 5.92 Å². The summed E-state index contributed by atoms with van der Waals surface area (Å²) >= 11 is 0. The van der Waals surface area contributed by atoms with Gasteiger partial charge in [0.1, 0.15) is 11.9 Å². The Morgan fingerprint density at radius 2 is 1.90 bits per heavy atom. The molecule has 1 fully saturated rings. The monoisotopic (exact) mass is 545 g/mol. The highest BCUT2D eigenvalue weighted by Crippen LogP contribution is 2.31. The lowest BCUT2D eigenvalue weighted by Crippen LogP contribution is -2.52. The standard InChI is InChI=1S/C29H47N5O5/c1-20-17-34(21(2)19-35)28(37)24-16-23(30-27(36)12-9-15-32(3)4)13-14-25(24)39-26(20)18-33(5)29(38)31-22-10-7-6-8-11-22/h13-14,16,20-22,26,35H,6-12,15,17-19H2,1-5H3,(H,30,36)(H,31,38)/t20-,21-,26+/m0/s1. The van der Waals surface area contributed by atoms with Crippen molar-refractivity contribution in [2.45, 2.75) is 77.0 Å². The van der Waals surface area contributed by atoms with Gasteiger partial charge in [0.15, 0.2) is 0 Å². The fourth-order valence-corrected chi connectivity index (χ4v) is 5.18. The van der Waals surface area contributed by atoms with Crippen molar-refractivity contribution in [1.82, 2.24) is 20.0 Å². The van der Waals surface area contributed by atoms with Crippen LogP contribution in [0.3, 0.4) is 0 Å². The molecule has 3 N–H and O–H groups in total. The SMILES string of the molecule is C[C@H]1CN([C@@H](C)CO)C(=O)c2cc(NC(=O)CCCN(C)C)ccc2O[C@@H]1CN(C)C(=O)NC1CCCCC1. The zero-order valence-corrected chi connectivity index (χ0v) is 24.2. The van der Waals surface area contributed by atoms with E-state index in [9.17, 15) is 19.5 Å². The fourth-order valence-electron chi connectivity index (χ4n) is 5.18. The van der Waals surface area contributed by atoms with Gasteiger partial charge in [-0.1, -0.05) is 26.2 Å². The predicted octanol–water partition coefficient (Wildman–Crippen LogP) is 3.16. The van der Waals surface area contributed by atoms with E-state index in [0.29, 0.717) is 36.5 Å². The molecule has 3 atom stereocenters. The number of anilines is 1. The molecule has 218 valence electrons. The van der Waals surface area contributed by atoms with Gasteiger partial charge >= 0.3 is 6.03 Å². The molecule has 2 aliphatic rings. The number of benzene rings is 1. The van der Waals surface area contributed by atoms with E-state index in [-0.39, 0.29) is 42.5 Å². The van der Waals surface area contributed by atoms with Gasteiger partial charge < -0.3 is 35.2 Å². The molecule has 1 saturated carbocycles. The molecular formula is C29H47N5O5. The number of nitrogens with one attached hydrogen (secondary N) is 2. The van der Waals surface area contributed by atoms with Crippen LogP contribution in [0.25, 0.3) is 0 Å². The van der Waals surface area contributed by atoms with E-state index in [1.54, 1.807) is 35.0 Å². The summed E-state index contributed by atoms with van der Waals surface area (Å²) in [4.78, 5) is 44.4. The van der Waals surface area contributed by atoms with Gasteiger partial charge in [0.05, 0.1) is 24.8 Å². The van der Waals surface area contributed by atoms with Crippen LogP contribution < -0.4 is 15.4 Å². The number of aliphatic hydroxyl groups is 1. The van der Waals surface area contributed by atoms with Gasteiger partial charge in [-0.05, 0) is 65.0 Å². The fraction of sp³-hybridized carbons (Fsp3) is 0.690. The van der Waals surface area contributed by atoms with E-state index < -0.39 is 6.04 Å². The predicted molar refractivity (Wildman–Crippen MR) is 152 cm³/mol. The summed E-state index contributed by atoms with van der Waals surface area (Å²) in [7, 11) is 5.70. The number of carbonyl (C=O) groups excluding carboxylic acids is 3. The second-order valence-electron chi connectivity index (χ2n) is 11.5. The number of aliphatic hydroxyl groups excluding tert-OH is 1. The number of hydrogen-bond acceptors (Lipinski definition) is 6. The highest BCUT2D eigenvalue weighted by atomic mass is 16.5. The molecule has 0 unspecified atom stereocenters. The molecule has 3 rings (SSSR count). The normalized spacial score (nSPS) is 20.9. The van der Waals surface area contributed by atoms with Crippen molar-refractivity contribution in [3.63, 3.8) is 0 Å². The minimum atomic E-state index is -0.400. The minimum Gasteiger partial charge on any atom is -0.487 e. The molecule has 0 saturated heterocycles. The topological polar surface area (TPSA) is 114 Å². The highest BCUT2D eigenvalue weighted by molar-refractivity contribution is 5.99. The van der Waals surface area contributed by atoms with E-state index >= 15 is 0 Å². The van der Waals surface area contributed by atoms with E-state index in [2.05, 4.69) is 10.6 Å². The summed E-state index contributed by atoms with van der Waals surface area (Å²) < 4.78 is 6.39. The van der Waals surface area contributed by atoms with Crippen LogP contribution in [0.2, 0.25) is 0 Å². The largest absolute Gasteiger partial charge is 0.487 e. The highest BCUT2D eigenvalue weighted by Gasteiger charge is 2.34. The molecule has 1 aliphatic heterocycles. The Balaban J connectivity index is 1.78. The first-order chi connectivity index (χ1) is 18.6. The zero-order valence-electron chi connectivity index (χ0n) is 24.2. The van der Waals surface area contributed by atoms with Crippen molar-refractivity contribution in [3.8, 4) is 5.75 Å². The number of ether oxygens (including phenoxy) is 1. The van der Waals surface area contributed by atoms with Crippen molar-refractivity contribution in [3.05, 3.63) is 23.8 Å². The maximum atomic E-state index is 13.6. The van der Waals surface area contributed by atoms with Crippen molar-refractivity contribution in [2.75, 3.05) is 52.7 Å². The lowest BCUT2D eigenvalue weighted by molar-refractivity contribution is -0.116. The molecule has 0 radical (unpaired) electrons. The average molecular weight is 546 g/mol. The maximum absolute atomic E-state index is 13.6. The van der Waals surface area contributed by atoms with Crippen LogP contribution in [-0.4, -0.2) is 103 Å². The molecule has 1 aliphatic carbocycles. The second kappa shape index (κ2) is 14.5. The Labute approximate surface area is 233 Å². The Morgan fingerprint density at radius 3 is 2.56 bits per heavy atom. The molecule has 0 aromatic heterocycles. The van der Waals surface area contributed by atoms with Gasteiger partial charge in [0.2, 0.25) is 5.91 Å². The molecular weight excluding hydrogens is 498 g/mol. The third-order valence-electron chi connectivity index (χ3n) is 7.69. The van der Waals surface area contributed by atoms with E-state index in [0.717, 1.165) is 38.6 Å². The third-order valence-corrected chi connectivity index (χ3v) is 7.69. The average Bonchev–Trinajstić information content (AvgIpc) is 2.90. The first-order valence-corrected chi connectivity index (χ1v) is 14.3. The van der Waals surface area contributed by atoms with Crippen molar-refractivity contribution >= 4 is 23.5 Å². The van der Waals surface area contributed by atoms with Crippen LogP contribution in [0.15, 0.2) is 18.2 Å². The molecule has 4 amide bonds. The van der Waals surface area contributed by atoms with Crippen LogP contribution in [-0.2, 0) is 4.79 Å². The number of rotatable bonds is 10. The Bertz CT molecular complexity index is 981. The number of carbonyl (C=O) groups is 3. The smallest absolute Gasteiger partial charge is 0.317 e. The molecule has 10 nitrogen and oxygen atoms in total. The molecule has 1 aromatic carbocycles. The van der Waals surface area contributed by atoms with Crippen LogP contribution >= 0.6 is 0 Å². The zero-order chi connectivity index (χ0) is 28.5.